The van der Waals surface area contributed by atoms with Crippen molar-refractivity contribution in [1.29, 1.82) is 0 Å². The normalized spacial score (nSPS) is 21.0. The van der Waals surface area contributed by atoms with Crippen molar-refractivity contribution >= 4 is 17.3 Å². The fourth-order valence-corrected chi connectivity index (χ4v) is 3.47. The second kappa shape index (κ2) is 5.76. The van der Waals surface area contributed by atoms with E-state index in [1.165, 1.54) is 36.3 Å². The predicted molar refractivity (Wildman–Crippen MR) is 77.0 cm³/mol. The van der Waals surface area contributed by atoms with Crippen LogP contribution >= 0.6 is 11.8 Å². The Morgan fingerprint density at radius 1 is 1.33 bits per heavy atom. The number of hydrogen-bond donors (Lipinski definition) is 1. The summed E-state index contributed by atoms with van der Waals surface area (Å²) >= 11 is 2.09. The van der Waals surface area contributed by atoms with Gasteiger partial charge in [0.15, 0.2) is 0 Å². The lowest BCUT2D eigenvalue weighted by molar-refractivity contribution is 0.471. The zero-order valence-electron chi connectivity index (χ0n) is 10.5. The minimum absolute atomic E-state index is 0.693. The summed E-state index contributed by atoms with van der Waals surface area (Å²) in [6.07, 6.45) is 9.89. The molecule has 2 aromatic rings. The highest BCUT2D eigenvalue weighted by Gasteiger charge is 2.11. The zero-order valence-corrected chi connectivity index (χ0v) is 11.3. The van der Waals surface area contributed by atoms with Crippen molar-refractivity contribution in [3.8, 4) is 0 Å². The van der Waals surface area contributed by atoms with E-state index in [-0.39, 0.29) is 0 Å². The lowest BCUT2D eigenvalue weighted by Crippen LogP contribution is -2.28. The molecule has 3 rings (SSSR count). The van der Waals surface area contributed by atoms with E-state index in [1.54, 1.807) is 0 Å². The van der Waals surface area contributed by atoms with Crippen molar-refractivity contribution in [1.82, 2.24) is 14.7 Å². The van der Waals surface area contributed by atoms with Gasteiger partial charge in [0.05, 0.1) is 18.0 Å². The van der Waals surface area contributed by atoms with E-state index < -0.39 is 0 Å². The molecule has 1 atom stereocenters. The average Bonchev–Trinajstić information content (AvgIpc) is 2.70. The summed E-state index contributed by atoms with van der Waals surface area (Å²) in [7, 11) is 0. The summed E-state index contributed by atoms with van der Waals surface area (Å²) in [5.74, 6) is 2.64. The number of thioether (sulfide) groups is 1. The van der Waals surface area contributed by atoms with Gasteiger partial charge in [-0.25, -0.2) is 4.98 Å². The Balaban J connectivity index is 1.61. The molecule has 1 aliphatic heterocycles. The molecule has 96 valence electrons. The third-order valence-corrected chi connectivity index (χ3v) is 4.62. The van der Waals surface area contributed by atoms with Gasteiger partial charge in [0.1, 0.15) is 0 Å². The second-order valence-electron chi connectivity index (χ2n) is 4.88. The molecule has 0 aromatic carbocycles. The first-order valence-corrected chi connectivity index (χ1v) is 7.79. The molecule has 1 aliphatic rings. The smallest absolute Gasteiger partial charge is 0.0992 e. The Kier molecular flexibility index (Phi) is 3.86. The first kappa shape index (κ1) is 12.1. The standard InChI is InChI=1S/C14H19N3S/c1-2-13(5-7-18-6-1)16-8-12-3-4-14-9-15-11-17(14)10-12/h3-4,9-11,13,16H,1-2,5-8H2. The fraction of sp³-hybridized carbons (Fsp3) is 0.500. The van der Waals surface area contributed by atoms with Crippen LogP contribution in [0.2, 0.25) is 0 Å². The molecule has 2 aromatic heterocycles. The Morgan fingerprint density at radius 3 is 3.33 bits per heavy atom. The molecule has 4 heteroatoms. The van der Waals surface area contributed by atoms with Crippen molar-refractivity contribution in [3.05, 3.63) is 36.4 Å². The third kappa shape index (κ3) is 2.87. The van der Waals surface area contributed by atoms with Gasteiger partial charge < -0.3 is 9.72 Å². The van der Waals surface area contributed by atoms with Crippen LogP contribution in [0.3, 0.4) is 0 Å². The zero-order chi connectivity index (χ0) is 12.2. The molecule has 3 nitrogen and oxygen atoms in total. The molecule has 0 spiro atoms. The summed E-state index contributed by atoms with van der Waals surface area (Å²) in [4.78, 5) is 4.14. The first-order valence-electron chi connectivity index (χ1n) is 6.63. The van der Waals surface area contributed by atoms with Crippen molar-refractivity contribution < 1.29 is 0 Å². The van der Waals surface area contributed by atoms with Gasteiger partial charge >= 0.3 is 0 Å². The van der Waals surface area contributed by atoms with Crippen LogP contribution in [0.5, 0.6) is 0 Å². The molecule has 0 amide bonds. The number of imidazole rings is 1. The van der Waals surface area contributed by atoms with Crippen LogP contribution in [0.15, 0.2) is 30.9 Å². The molecule has 1 unspecified atom stereocenters. The summed E-state index contributed by atoms with van der Waals surface area (Å²) < 4.78 is 2.08. The van der Waals surface area contributed by atoms with Crippen LogP contribution in [0.1, 0.15) is 24.8 Å². The monoisotopic (exact) mass is 261 g/mol. The number of aromatic nitrogens is 2. The molecule has 0 aliphatic carbocycles. The average molecular weight is 261 g/mol. The third-order valence-electron chi connectivity index (χ3n) is 3.52. The lowest BCUT2D eigenvalue weighted by Gasteiger charge is -2.15. The van der Waals surface area contributed by atoms with Crippen LogP contribution in [0.4, 0.5) is 0 Å². The Bertz CT molecular complexity index is 500. The Hall–Kier alpha value is -1.00. The first-order chi connectivity index (χ1) is 8.92. The summed E-state index contributed by atoms with van der Waals surface area (Å²) in [5, 5.41) is 3.69. The van der Waals surface area contributed by atoms with E-state index in [0.29, 0.717) is 6.04 Å². The van der Waals surface area contributed by atoms with Crippen LogP contribution in [0, 0.1) is 0 Å². The van der Waals surface area contributed by atoms with E-state index in [2.05, 4.69) is 44.8 Å². The highest BCUT2D eigenvalue weighted by molar-refractivity contribution is 7.99. The molecule has 0 bridgehead atoms. The summed E-state index contributed by atoms with van der Waals surface area (Å²) in [6, 6.07) is 5.01. The van der Waals surface area contributed by atoms with Crippen molar-refractivity contribution in [2.45, 2.75) is 31.8 Å². The minimum Gasteiger partial charge on any atom is -0.310 e. The number of rotatable bonds is 3. The van der Waals surface area contributed by atoms with E-state index in [9.17, 15) is 0 Å². The number of fused-ring (bicyclic) bond motifs is 1. The van der Waals surface area contributed by atoms with Gasteiger partial charge in [-0.1, -0.05) is 6.07 Å². The van der Waals surface area contributed by atoms with Gasteiger partial charge in [-0.15, -0.1) is 0 Å². The molecule has 1 saturated heterocycles. The van der Waals surface area contributed by atoms with Gasteiger partial charge in [-0.05, 0) is 42.4 Å². The van der Waals surface area contributed by atoms with E-state index in [0.717, 1.165) is 12.1 Å². The maximum Gasteiger partial charge on any atom is 0.0992 e. The Labute approximate surface area is 112 Å². The molecule has 18 heavy (non-hydrogen) atoms. The minimum atomic E-state index is 0.693. The van der Waals surface area contributed by atoms with E-state index >= 15 is 0 Å². The highest BCUT2D eigenvalue weighted by atomic mass is 32.2. The second-order valence-corrected chi connectivity index (χ2v) is 6.11. The number of pyridine rings is 1. The molecule has 0 saturated carbocycles. The number of nitrogens with one attached hydrogen (secondary N) is 1. The van der Waals surface area contributed by atoms with Crippen molar-refractivity contribution in [2.24, 2.45) is 0 Å². The fourth-order valence-electron chi connectivity index (χ4n) is 2.44. The van der Waals surface area contributed by atoms with Crippen LogP contribution in [0.25, 0.3) is 5.52 Å². The number of nitrogens with zero attached hydrogens (tertiary/aromatic N) is 2. The maximum absolute atomic E-state index is 4.14. The SMILES string of the molecule is c1cc2cncn2cc1CNC1CCCSCC1. The van der Waals surface area contributed by atoms with Gasteiger partial charge in [-0.2, -0.15) is 11.8 Å². The van der Waals surface area contributed by atoms with Crippen LogP contribution in [-0.2, 0) is 6.54 Å². The van der Waals surface area contributed by atoms with Gasteiger partial charge in [0, 0.05) is 18.8 Å². The Morgan fingerprint density at radius 2 is 2.33 bits per heavy atom. The lowest BCUT2D eigenvalue weighted by atomic mass is 10.1. The van der Waals surface area contributed by atoms with E-state index in [1.807, 2.05) is 12.5 Å². The van der Waals surface area contributed by atoms with Crippen LogP contribution in [-0.4, -0.2) is 26.9 Å². The molecule has 1 fully saturated rings. The van der Waals surface area contributed by atoms with Gasteiger partial charge in [-0.3, -0.25) is 0 Å². The molecule has 3 heterocycles. The topological polar surface area (TPSA) is 29.3 Å². The maximum atomic E-state index is 4.14. The van der Waals surface area contributed by atoms with Gasteiger partial charge in [0.25, 0.3) is 0 Å². The molecule has 0 radical (unpaired) electrons. The van der Waals surface area contributed by atoms with Crippen LogP contribution < -0.4 is 5.32 Å². The summed E-state index contributed by atoms with van der Waals surface area (Å²) in [6.45, 7) is 0.962. The molecule has 1 N–H and O–H groups in total. The van der Waals surface area contributed by atoms with Crippen molar-refractivity contribution in [2.75, 3.05) is 11.5 Å². The molecular weight excluding hydrogens is 242 g/mol. The van der Waals surface area contributed by atoms with E-state index in [4.69, 9.17) is 0 Å². The molecular formula is C14H19N3S. The quantitative estimate of drug-likeness (QED) is 0.921. The van der Waals surface area contributed by atoms with Crippen molar-refractivity contribution in [3.63, 3.8) is 0 Å². The van der Waals surface area contributed by atoms with Gasteiger partial charge in [0.2, 0.25) is 0 Å². The summed E-state index contributed by atoms with van der Waals surface area (Å²) in [5.41, 5.74) is 2.49. The largest absolute Gasteiger partial charge is 0.310 e. The highest BCUT2D eigenvalue weighted by Crippen LogP contribution is 2.17. The number of hydrogen-bond acceptors (Lipinski definition) is 3. The predicted octanol–water partition coefficient (Wildman–Crippen LogP) is 2.71.